The predicted octanol–water partition coefficient (Wildman–Crippen LogP) is 2.53. The molecule has 308 valence electrons. The van der Waals surface area contributed by atoms with E-state index in [1.54, 1.807) is 46.1 Å². The highest BCUT2D eigenvalue weighted by Crippen LogP contribution is 2.33. The van der Waals surface area contributed by atoms with E-state index < -0.39 is 20.0 Å². The molecule has 4 heterocycles. The second kappa shape index (κ2) is 17.5. The number of amides is 1. The molecule has 0 atom stereocenters. The Bertz CT molecular complexity index is 2240. The summed E-state index contributed by atoms with van der Waals surface area (Å²) >= 11 is 0. The average molecular weight is 825 g/mol. The van der Waals surface area contributed by atoms with Crippen LogP contribution < -0.4 is 25.4 Å². The lowest BCUT2D eigenvalue weighted by Gasteiger charge is -2.37. The van der Waals surface area contributed by atoms with Crippen LogP contribution in [-0.4, -0.2) is 120 Å². The molecule has 2 saturated heterocycles. The van der Waals surface area contributed by atoms with E-state index in [1.165, 1.54) is 64.3 Å². The first-order valence-corrected chi connectivity index (χ1v) is 22.6. The lowest BCUT2D eigenvalue weighted by atomic mass is 9.95. The van der Waals surface area contributed by atoms with E-state index in [1.807, 2.05) is 0 Å². The van der Waals surface area contributed by atoms with Gasteiger partial charge in [0.25, 0.3) is 0 Å². The van der Waals surface area contributed by atoms with E-state index in [4.69, 9.17) is 0 Å². The number of sulfonamides is 2. The maximum Gasteiger partial charge on any atom is 0.240 e. The molecule has 2 aromatic heterocycles. The highest BCUT2D eigenvalue weighted by Gasteiger charge is 2.32. The Balaban J connectivity index is 0.000000175. The topological polar surface area (TPSA) is 236 Å². The summed E-state index contributed by atoms with van der Waals surface area (Å²) < 4.78 is 53.9. The van der Waals surface area contributed by atoms with Crippen molar-refractivity contribution in [3.8, 4) is 22.8 Å². The monoisotopic (exact) mass is 824 g/mol. The molecule has 4 fully saturated rings. The first kappa shape index (κ1) is 40.6. The Morgan fingerprint density at radius 2 is 1.11 bits per heavy atom. The zero-order chi connectivity index (χ0) is 40.2. The molecule has 0 bridgehead atoms. The number of anilines is 2. The van der Waals surface area contributed by atoms with Crippen molar-refractivity contribution in [3.63, 3.8) is 0 Å². The highest BCUT2D eigenvalue weighted by atomic mass is 32.2. The smallest absolute Gasteiger partial charge is 0.240 e. The molecule has 57 heavy (non-hydrogen) atoms. The number of aromatic nitrogens is 8. The minimum atomic E-state index is -3.60. The third-order valence-electron chi connectivity index (χ3n) is 11.1. The number of hydrogen-bond donors (Lipinski definition) is 5. The standard InChI is InChI=1S/C19H27N7O3S.C17H25N7O2S/c1-13(27)25-11-15(12-25)26-23-19(22-24-26)17-10-16(30(28,29)20-2)8-9-18(17)21-14-6-4-3-5-7-14;1-18-27(25,26)14-7-8-16(20-12-5-3-2-4-6-12)15(9-14)17-21-23-24(22-17)13-10-19-11-13/h8-10,14-15,20-21H,3-7,11-12H2,1-2H3;7-9,12-13,18-20H,2-6,10-11H2,1H3. The summed E-state index contributed by atoms with van der Waals surface area (Å²) in [5, 5.41) is 36.0. The zero-order valence-electron chi connectivity index (χ0n) is 32.6. The van der Waals surface area contributed by atoms with Crippen LogP contribution in [0.25, 0.3) is 22.8 Å². The van der Waals surface area contributed by atoms with Crippen LogP contribution in [-0.2, 0) is 24.8 Å². The molecule has 4 aliphatic rings. The Morgan fingerprint density at radius 3 is 1.49 bits per heavy atom. The maximum absolute atomic E-state index is 12.3. The molecule has 4 aromatic rings. The second-order valence-electron chi connectivity index (χ2n) is 15.0. The lowest BCUT2D eigenvalue weighted by molar-refractivity contribution is -0.134. The van der Waals surface area contributed by atoms with Crippen molar-refractivity contribution < 1.29 is 21.6 Å². The van der Waals surface area contributed by atoms with Gasteiger partial charge in [0.05, 0.1) is 15.8 Å². The lowest BCUT2D eigenvalue weighted by Crippen LogP contribution is -2.50. The van der Waals surface area contributed by atoms with Gasteiger partial charge in [-0.2, -0.15) is 9.59 Å². The van der Waals surface area contributed by atoms with Crippen LogP contribution >= 0.6 is 0 Å². The van der Waals surface area contributed by atoms with Crippen molar-refractivity contribution >= 4 is 37.3 Å². The first-order valence-electron chi connectivity index (χ1n) is 19.7. The molecular formula is C36H52N14O5S2. The zero-order valence-corrected chi connectivity index (χ0v) is 34.2. The maximum atomic E-state index is 12.3. The van der Waals surface area contributed by atoms with E-state index >= 15 is 0 Å². The minimum absolute atomic E-state index is 0.0193. The van der Waals surface area contributed by atoms with Gasteiger partial charge in [0.2, 0.25) is 37.6 Å². The van der Waals surface area contributed by atoms with E-state index in [9.17, 15) is 21.6 Å². The van der Waals surface area contributed by atoms with Gasteiger partial charge in [-0.25, -0.2) is 26.3 Å². The van der Waals surface area contributed by atoms with Gasteiger partial charge in [-0.3, -0.25) is 4.79 Å². The second-order valence-corrected chi connectivity index (χ2v) is 18.8. The van der Waals surface area contributed by atoms with E-state index in [0.717, 1.165) is 50.1 Å². The molecule has 5 N–H and O–H groups in total. The van der Waals surface area contributed by atoms with Crippen LogP contribution in [0, 0.1) is 0 Å². The fraction of sp³-hybridized carbons (Fsp3) is 0.583. The molecule has 1 amide bonds. The summed E-state index contributed by atoms with van der Waals surface area (Å²) in [6, 6.07) is 10.9. The van der Waals surface area contributed by atoms with Crippen molar-refractivity contribution in [2.75, 3.05) is 50.9 Å². The Morgan fingerprint density at radius 1 is 0.667 bits per heavy atom. The summed E-state index contributed by atoms with van der Waals surface area (Å²) in [6.45, 7) is 4.26. The van der Waals surface area contributed by atoms with Crippen LogP contribution in [0.4, 0.5) is 11.4 Å². The normalized spacial score (nSPS) is 18.6. The number of rotatable bonds is 12. The fourth-order valence-corrected chi connectivity index (χ4v) is 8.95. The van der Waals surface area contributed by atoms with Gasteiger partial charge >= 0.3 is 0 Å². The summed E-state index contributed by atoms with van der Waals surface area (Å²) in [5.41, 5.74) is 2.92. The number of nitrogens with zero attached hydrogens (tertiary/aromatic N) is 9. The van der Waals surface area contributed by atoms with Gasteiger partial charge in [0.15, 0.2) is 0 Å². The van der Waals surface area contributed by atoms with Crippen LogP contribution in [0.15, 0.2) is 46.2 Å². The Kier molecular flexibility index (Phi) is 12.5. The molecule has 8 rings (SSSR count). The molecule has 21 heteroatoms. The molecule has 0 radical (unpaired) electrons. The Labute approximate surface area is 333 Å². The molecule has 2 aliphatic carbocycles. The van der Waals surface area contributed by atoms with Gasteiger partial charge in [-0.05, 0) is 86.6 Å². The van der Waals surface area contributed by atoms with Gasteiger partial charge in [0.1, 0.15) is 6.04 Å². The summed E-state index contributed by atoms with van der Waals surface area (Å²) in [7, 11) is -4.37. The number of nitrogens with one attached hydrogen (secondary N) is 5. The average Bonchev–Trinajstić information content (AvgIpc) is 3.86. The third-order valence-corrected chi connectivity index (χ3v) is 14.0. The van der Waals surface area contributed by atoms with Crippen molar-refractivity contribution in [2.24, 2.45) is 0 Å². The molecule has 0 unspecified atom stereocenters. The van der Waals surface area contributed by atoms with E-state index in [2.05, 4.69) is 56.2 Å². The number of likely N-dealkylation sites (tertiary alicyclic amines) is 1. The number of hydrogen-bond acceptors (Lipinski definition) is 14. The molecular weight excluding hydrogens is 773 g/mol. The third kappa shape index (κ3) is 9.43. The number of benzene rings is 2. The van der Waals surface area contributed by atoms with Crippen molar-refractivity contribution in [1.29, 1.82) is 0 Å². The van der Waals surface area contributed by atoms with Crippen molar-refractivity contribution in [1.82, 2.24) is 60.1 Å². The van der Waals surface area contributed by atoms with Gasteiger partial charge in [-0.1, -0.05) is 38.5 Å². The number of tetrazole rings is 2. The molecule has 0 spiro atoms. The Hall–Kier alpha value is -4.57. The largest absolute Gasteiger partial charge is 0.382 e. The minimum Gasteiger partial charge on any atom is -0.382 e. The van der Waals surface area contributed by atoms with Crippen molar-refractivity contribution in [3.05, 3.63) is 36.4 Å². The number of carbonyl (C=O) groups is 1. The van der Waals surface area contributed by atoms with Crippen LogP contribution in [0.5, 0.6) is 0 Å². The quantitative estimate of drug-likeness (QED) is 0.138. The summed E-state index contributed by atoms with van der Waals surface area (Å²) in [5.74, 6) is 0.826. The number of carbonyl (C=O) groups excluding carboxylic acids is 1. The first-order chi connectivity index (χ1) is 27.4. The highest BCUT2D eigenvalue weighted by molar-refractivity contribution is 7.89. The molecule has 2 saturated carbocycles. The van der Waals surface area contributed by atoms with Gasteiger partial charge in [-0.15, -0.1) is 20.4 Å². The predicted molar refractivity (Wildman–Crippen MR) is 213 cm³/mol. The van der Waals surface area contributed by atoms with Gasteiger partial charge in [0, 0.05) is 67.7 Å². The van der Waals surface area contributed by atoms with E-state index in [0.29, 0.717) is 47.9 Å². The molecule has 19 nitrogen and oxygen atoms in total. The molecule has 2 aliphatic heterocycles. The van der Waals surface area contributed by atoms with E-state index in [-0.39, 0.29) is 27.8 Å². The van der Waals surface area contributed by atoms with Crippen LogP contribution in [0.3, 0.4) is 0 Å². The van der Waals surface area contributed by atoms with Gasteiger partial charge < -0.3 is 20.9 Å². The fourth-order valence-electron chi connectivity index (χ4n) is 7.44. The van der Waals surface area contributed by atoms with Crippen molar-refractivity contribution in [2.45, 2.75) is 105 Å². The van der Waals surface area contributed by atoms with Crippen LogP contribution in [0.1, 0.15) is 83.2 Å². The SMILES string of the molecule is CNS(=O)(=O)c1ccc(NC2CCCCC2)c(-c2nnn(C3CN(C(C)=O)C3)n2)c1.CNS(=O)(=O)c1ccc(NC2CCCCC2)c(-c2nnn(C3CNC3)n2)c1. The molecule has 2 aromatic carbocycles. The summed E-state index contributed by atoms with van der Waals surface area (Å²) in [4.78, 5) is 16.6. The van der Waals surface area contributed by atoms with Crippen LogP contribution in [0.2, 0.25) is 0 Å². The summed E-state index contributed by atoms with van der Waals surface area (Å²) in [6.07, 6.45) is 11.7.